The summed E-state index contributed by atoms with van der Waals surface area (Å²) >= 11 is 0. The van der Waals surface area contributed by atoms with Gasteiger partial charge in [-0.1, -0.05) is 0 Å². The standard InChI is InChI=1S/C14H25FO9/c15-14-13(22)10(19)6(8(3-17)24-14)1-7-11(20)12(21)9(18)5(2-16)4-23-7/h5-14,16-22H,1-4H2/t5?,6-,7-,8?,9-,10?,11?,12?,13?,14+/m1/s1. The highest BCUT2D eigenvalue weighted by Gasteiger charge is 2.48. The molecule has 6 unspecified atom stereocenters. The molecule has 2 aliphatic rings. The topological polar surface area (TPSA) is 160 Å². The van der Waals surface area contributed by atoms with Crippen LogP contribution in [0.15, 0.2) is 0 Å². The molecule has 2 rings (SSSR count). The summed E-state index contributed by atoms with van der Waals surface area (Å²) in [6.45, 7) is -1.24. The van der Waals surface area contributed by atoms with Crippen LogP contribution in [-0.4, -0.2) is 105 Å². The maximum Gasteiger partial charge on any atom is 0.228 e. The van der Waals surface area contributed by atoms with E-state index in [0.29, 0.717) is 0 Å². The van der Waals surface area contributed by atoms with Crippen molar-refractivity contribution in [3.05, 3.63) is 0 Å². The van der Waals surface area contributed by atoms with Gasteiger partial charge < -0.3 is 45.2 Å². The monoisotopic (exact) mass is 356 g/mol. The summed E-state index contributed by atoms with van der Waals surface area (Å²) in [5, 5.41) is 68.1. The lowest BCUT2D eigenvalue weighted by Gasteiger charge is -2.41. The van der Waals surface area contributed by atoms with Crippen LogP contribution in [0.25, 0.3) is 0 Å². The molecule has 10 atom stereocenters. The molecular formula is C14H25FO9. The van der Waals surface area contributed by atoms with Gasteiger partial charge in [-0.3, -0.25) is 0 Å². The van der Waals surface area contributed by atoms with Crippen molar-refractivity contribution in [1.29, 1.82) is 0 Å². The summed E-state index contributed by atoms with van der Waals surface area (Å²) in [5.41, 5.74) is 0. The Morgan fingerprint density at radius 1 is 0.792 bits per heavy atom. The summed E-state index contributed by atoms with van der Waals surface area (Å²) in [5.74, 6) is -1.77. The highest BCUT2D eigenvalue weighted by Crippen LogP contribution is 2.33. The Morgan fingerprint density at radius 3 is 2.04 bits per heavy atom. The van der Waals surface area contributed by atoms with Gasteiger partial charge in [0.05, 0.1) is 44.2 Å². The molecule has 0 aromatic carbocycles. The van der Waals surface area contributed by atoms with E-state index in [2.05, 4.69) is 0 Å². The summed E-state index contributed by atoms with van der Waals surface area (Å²) in [4.78, 5) is 0. The Hall–Kier alpha value is -0.430. The van der Waals surface area contributed by atoms with Gasteiger partial charge >= 0.3 is 0 Å². The molecule has 9 nitrogen and oxygen atoms in total. The van der Waals surface area contributed by atoms with Crippen LogP contribution in [-0.2, 0) is 9.47 Å². The third-order valence-electron chi connectivity index (χ3n) is 4.85. The van der Waals surface area contributed by atoms with Crippen LogP contribution in [0, 0.1) is 11.8 Å². The first-order valence-corrected chi connectivity index (χ1v) is 7.85. The van der Waals surface area contributed by atoms with Crippen LogP contribution in [0.2, 0.25) is 0 Å². The predicted octanol–water partition coefficient (Wildman–Crippen LogP) is -3.51. The molecule has 0 radical (unpaired) electrons. The molecule has 0 aromatic heterocycles. The van der Waals surface area contributed by atoms with E-state index in [0.717, 1.165) is 0 Å². The van der Waals surface area contributed by atoms with E-state index in [4.69, 9.17) is 9.47 Å². The van der Waals surface area contributed by atoms with E-state index in [1.807, 2.05) is 0 Å². The number of aliphatic hydroxyl groups excluding tert-OH is 7. The number of hydrogen-bond donors (Lipinski definition) is 7. The third kappa shape index (κ3) is 3.87. The average molecular weight is 356 g/mol. The van der Waals surface area contributed by atoms with Gasteiger partial charge in [-0.05, 0) is 6.42 Å². The lowest BCUT2D eigenvalue weighted by atomic mass is 9.83. The van der Waals surface area contributed by atoms with Crippen molar-refractivity contribution < 1.29 is 49.6 Å². The van der Waals surface area contributed by atoms with Gasteiger partial charge in [-0.15, -0.1) is 0 Å². The minimum Gasteiger partial charge on any atom is -0.396 e. The summed E-state index contributed by atoms with van der Waals surface area (Å²) in [6, 6.07) is 0. The fourth-order valence-electron chi connectivity index (χ4n) is 3.23. The van der Waals surface area contributed by atoms with Gasteiger partial charge in [0.1, 0.15) is 18.3 Å². The van der Waals surface area contributed by atoms with E-state index in [1.54, 1.807) is 0 Å². The minimum absolute atomic E-state index is 0.155. The smallest absolute Gasteiger partial charge is 0.228 e. The van der Waals surface area contributed by atoms with Gasteiger partial charge in [0.15, 0.2) is 0 Å². The fourth-order valence-corrected chi connectivity index (χ4v) is 3.23. The van der Waals surface area contributed by atoms with E-state index < -0.39 is 74.1 Å². The number of rotatable bonds is 4. The highest BCUT2D eigenvalue weighted by molar-refractivity contribution is 4.94. The zero-order valence-corrected chi connectivity index (χ0v) is 12.9. The molecule has 2 fully saturated rings. The summed E-state index contributed by atoms with van der Waals surface area (Å²) in [6.07, 6.45) is -12.5. The van der Waals surface area contributed by atoms with Gasteiger partial charge in [-0.2, -0.15) is 0 Å². The van der Waals surface area contributed by atoms with E-state index in [1.165, 1.54) is 0 Å². The predicted molar refractivity (Wildman–Crippen MR) is 75.3 cm³/mol. The van der Waals surface area contributed by atoms with Crippen LogP contribution in [0.5, 0.6) is 0 Å². The van der Waals surface area contributed by atoms with Gasteiger partial charge in [0, 0.05) is 11.8 Å². The Balaban J connectivity index is 2.12. The Kier molecular flexibility index (Phi) is 6.88. The quantitative estimate of drug-likeness (QED) is 0.271. The summed E-state index contributed by atoms with van der Waals surface area (Å²) in [7, 11) is 0. The normalized spacial score (nSPS) is 50.5. The molecule has 0 amide bonds. The van der Waals surface area contributed by atoms with E-state index >= 15 is 0 Å². The maximum absolute atomic E-state index is 13.4. The van der Waals surface area contributed by atoms with Crippen molar-refractivity contribution in [3.8, 4) is 0 Å². The molecule has 0 aromatic rings. The second kappa shape index (κ2) is 8.30. The minimum atomic E-state index is -2.15. The van der Waals surface area contributed by atoms with Crippen LogP contribution in [0.1, 0.15) is 6.42 Å². The molecule has 0 spiro atoms. The molecule has 0 saturated carbocycles. The number of aliphatic hydroxyl groups is 7. The SMILES string of the molecule is OCC1CO[C@H](C[C@@H]2C(CO)O[C@H](F)C(O)C2O)C(O)C(O)[C@@H]1O. The third-order valence-corrected chi connectivity index (χ3v) is 4.85. The first kappa shape index (κ1) is 19.9. The number of ether oxygens (including phenoxy) is 2. The van der Waals surface area contributed by atoms with Crippen molar-refractivity contribution in [2.45, 2.75) is 55.5 Å². The maximum atomic E-state index is 13.4. The lowest BCUT2D eigenvalue weighted by Crippen LogP contribution is -2.56. The molecule has 0 aliphatic carbocycles. The van der Waals surface area contributed by atoms with Gasteiger partial charge in [0.25, 0.3) is 0 Å². The van der Waals surface area contributed by atoms with E-state index in [-0.39, 0.29) is 13.0 Å². The lowest BCUT2D eigenvalue weighted by molar-refractivity contribution is -0.253. The van der Waals surface area contributed by atoms with Crippen molar-refractivity contribution in [1.82, 2.24) is 0 Å². The second-order valence-electron chi connectivity index (χ2n) is 6.38. The number of halogens is 1. The second-order valence-corrected chi connectivity index (χ2v) is 6.38. The van der Waals surface area contributed by atoms with Crippen LogP contribution < -0.4 is 0 Å². The van der Waals surface area contributed by atoms with E-state index in [9.17, 15) is 40.1 Å². The molecule has 2 heterocycles. The average Bonchev–Trinajstić information content (AvgIpc) is 2.67. The van der Waals surface area contributed by atoms with Crippen LogP contribution in [0.3, 0.4) is 0 Å². The first-order valence-electron chi connectivity index (χ1n) is 7.85. The number of hydrogen-bond acceptors (Lipinski definition) is 9. The molecule has 0 bridgehead atoms. The molecule has 2 saturated heterocycles. The van der Waals surface area contributed by atoms with Gasteiger partial charge in [0.2, 0.25) is 6.36 Å². The zero-order chi connectivity index (χ0) is 18.0. The van der Waals surface area contributed by atoms with Crippen molar-refractivity contribution in [2.75, 3.05) is 19.8 Å². The van der Waals surface area contributed by atoms with Gasteiger partial charge in [-0.25, -0.2) is 4.39 Å². The Labute approximate surface area is 137 Å². The molecular weight excluding hydrogens is 331 g/mol. The Morgan fingerprint density at radius 2 is 1.46 bits per heavy atom. The van der Waals surface area contributed by atoms with Crippen LogP contribution in [0.4, 0.5) is 4.39 Å². The Bertz CT molecular complexity index is 398. The number of alkyl halides is 1. The molecule has 24 heavy (non-hydrogen) atoms. The first-order chi connectivity index (χ1) is 11.3. The fraction of sp³-hybridized carbons (Fsp3) is 1.00. The molecule has 7 N–H and O–H groups in total. The largest absolute Gasteiger partial charge is 0.396 e. The molecule has 2 aliphatic heterocycles. The summed E-state index contributed by atoms with van der Waals surface area (Å²) < 4.78 is 23.7. The zero-order valence-electron chi connectivity index (χ0n) is 12.9. The van der Waals surface area contributed by atoms with Crippen molar-refractivity contribution >= 4 is 0 Å². The van der Waals surface area contributed by atoms with Crippen molar-refractivity contribution in [3.63, 3.8) is 0 Å². The van der Waals surface area contributed by atoms with Crippen LogP contribution >= 0.6 is 0 Å². The molecule has 142 valence electrons. The highest BCUT2D eigenvalue weighted by atomic mass is 19.1. The molecule has 10 heteroatoms. The van der Waals surface area contributed by atoms with Crippen molar-refractivity contribution in [2.24, 2.45) is 11.8 Å².